The van der Waals surface area contributed by atoms with Crippen molar-refractivity contribution in [2.75, 3.05) is 18.5 Å². The second-order valence-electron chi connectivity index (χ2n) is 7.25. The molecule has 0 atom stereocenters. The Balaban J connectivity index is 1.38. The van der Waals surface area contributed by atoms with Crippen LogP contribution in [0.5, 0.6) is 11.5 Å². The Morgan fingerprint density at radius 2 is 1.61 bits per heavy atom. The molecular weight excluding hydrogens is 432 g/mol. The summed E-state index contributed by atoms with van der Waals surface area (Å²) in [6.45, 7) is 5.95. The molecule has 1 heterocycles. The maximum absolute atomic E-state index is 12.4. The van der Waals surface area contributed by atoms with Crippen LogP contribution in [0.4, 0.5) is 5.69 Å². The van der Waals surface area contributed by atoms with Gasteiger partial charge in [0.2, 0.25) is 0 Å². The molecule has 1 N–H and O–H groups in total. The Bertz CT molecular complexity index is 1230. The third kappa shape index (κ3) is 5.67. The van der Waals surface area contributed by atoms with E-state index in [2.05, 4.69) is 31.0 Å². The first-order chi connectivity index (χ1) is 16.1. The summed E-state index contributed by atoms with van der Waals surface area (Å²) in [4.78, 5) is 18.4. The fourth-order valence-electron chi connectivity index (χ4n) is 3.26. The van der Waals surface area contributed by atoms with Gasteiger partial charge in [-0.1, -0.05) is 67.3 Å². The maximum atomic E-state index is 12.4. The number of hydrogen-bond acceptors (Lipinski definition) is 5. The number of thiazole rings is 1. The van der Waals surface area contributed by atoms with Gasteiger partial charge in [-0.2, -0.15) is 0 Å². The summed E-state index contributed by atoms with van der Waals surface area (Å²) in [5, 5.41) is 3.86. The summed E-state index contributed by atoms with van der Waals surface area (Å²) >= 11 is 1.67. The number of hydrogen-bond donors (Lipinski definition) is 1. The molecule has 1 amide bonds. The van der Waals surface area contributed by atoms with Crippen LogP contribution in [-0.2, 0) is 4.79 Å². The number of carbonyl (C=O) groups is 1. The van der Waals surface area contributed by atoms with Gasteiger partial charge in [0.25, 0.3) is 5.91 Å². The summed E-state index contributed by atoms with van der Waals surface area (Å²) in [6.07, 6.45) is 1.66. The van der Waals surface area contributed by atoms with Crippen molar-refractivity contribution in [3.8, 4) is 33.3 Å². The minimum atomic E-state index is -0.252. The number of aryl methyl sites for hydroxylation is 1. The number of rotatable bonds is 9. The number of para-hydroxylation sites is 2. The number of benzene rings is 3. The van der Waals surface area contributed by atoms with E-state index in [0.717, 1.165) is 26.7 Å². The molecule has 0 fully saturated rings. The van der Waals surface area contributed by atoms with Crippen molar-refractivity contribution in [2.45, 2.75) is 6.92 Å². The van der Waals surface area contributed by atoms with E-state index in [4.69, 9.17) is 14.5 Å². The molecule has 1 aromatic heterocycles. The predicted octanol–water partition coefficient (Wildman–Crippen LogP) is 6.37. The zero-order valence-corrected chi connectivity index (χ0v) is 19.1. The summed E-state index contributed by atoms with van der Waals surface area (Å²) < 4.78 is 11.2. The van der Waals surface area contributed by atoms with Crippen molar-refractivity contribution in [1.29, 1.82) is 0 Å². The minimum absolute atomic E-state index is 0.123. The molecular formula is C27H24N2O3S. The lowest BCUT2D eigenvalue weighted by Gasteiger charge is -2.12. The summed E-state index contributed by atoms with van der Waals surface area (Å²) in [6, 6.07) is 25.1. The Labute approximate surface area is 197 Å². The van der Waals surface area contributed by atoms with Crippen LogP contribution in [0.15, 0.2) is 91.5 Å². The van der Waals surface area contributed by atoms with Crippen LogP contribution in [0.25, 0.3) is 21.8 Å². The summed E-state index contributed by atoms with van der Waals surface area (Å²) in [7, 11) is 0. The molecule has 6 heteroatoms. The second-order valence-corrected chi connectivity index (χ2v) is 8.45. The highest BCUT2D eigenvalue weighted by Crippen LogP contribution is 2.33. The van der Waals surface area contributed by atoms with Gasteiger partial charge in [-0.15, -0.1) is 11.3 Å². The minimum Gasteiger partial charge on any atom is -0.486 e. The molecule has 4 aromatic rings. The van der Waals surface area contributed by atoms with Crippen LogP contribution < -0.4 is 14.8 Å². The molecule has 0 bridgehead atoms. The van der Waals surface area contributed by atoms with Gasteiger partial charge in [-0.3, -0.25) is 4.79 Å². The number of amides is 1. The van der Waals surface area contributed by atoms with E-state index in [1.165, 1.54) is 0 Å². The lowest BCUT2D eigenvalue weighted by atomic mass is 10.1. The van der Waals surface area contributed by atoms with Crippen LogP contribution in [0.1, 0.15) is 4.88 Å². The van der Waals surface area contributed by atoms with Crippen LogP contribution in [0, 0.1) is 6.92 Å². The van der Waals surface area contributed by atoms with E-state index in [1.807, 2.05) is 54.6 Å². The average molecular weight is 457 g/mol. The first-order valence-corrected chi connectivity index (χ1v) is 11.3. The molecule has 0 radical (unpaired) electrons. The zero-order chi connectivity index (χ0) is 23.0. The Hall–Kier alpha value is -3.90. The quantitative estimate of drug-likeness (QED) is 0.297. The topological polar surface area (TPSA) is 60.5 Å². The molecule has 5 nitrogen and oxygen atoms in total. The average Bonchev–Trinajstić information content (AvgIpc) is 3.24. The standard InChI is InChI=1S/C27H24N2O3S/c1-3-17-31-23-11-7-8-12-24(23)32-18-25(30)28-22-15-13-20(14-16-22)26-19(2)33-27(29-26)21-9-5-4-6-10-21/h3-16H,1,17-18H2,2H3,(H,28,30). The molecule has 166 valence electrons. The van der Waals surface area contributed by atoms with E-state index in [1.54, 1.807) is 29.5 Å². The van der Waals surface area contributed by atoms with Gasteiger partial charge in [-0.05, 0) is 31.2 Å². The second kappa shape index (κ2) is 10.6. The normalized spacial score (nSPS) is 10.5. The highest BCUT2D eigenvalue weighted by molar-refractivity contribution is 7.15. The van der Waals surface area contributed by atoms with E-state index >= 15 is 0 Å². The molecule has 0 saturated carbocycles. The van der Waals surface area contributed by atoms with Gasteiger partial charge in [0.1, 0.15) is 11.6 Å². The van der Waals surface area contributed by atoms with Gasteiger partial charge in [0, 0.05) is 21.7 Å². The number of aromatic nitrogens is 1. The van der Waals surface area contributed by atoms with Crippen LogP contribution in [0.2, 0.25) is 0 Å². The summed E-state index contributed by atoms with van der Waals surface area (Å²) in [5.41, 5.74) is 3.77. The van der Waals surface area contributed by atoms with Crippen molar-refractivity contribution >= 4 is 22.9 Å². The van der Waals surface area contributed by atoms with Gasteiger partial charge in [-0.25, -0.2) is 4.98 Å². The maximum Gasteiger partial charge on any atom is 0.262 e. The van der Waals surface area contributed by atoms with Crippen molar-refractivity contribution in [3.05, 3.63) is 96.4 Å². The van der Waals surface area contributed by atoms with Crippen LogP contribution in [-0.4, -0.2) is 24.1 Å². The molecule has 3 aromatic carbocycles. The molecule has 0 aliphatic carbocycles. The molecule has 0 spiro atoms. The van der Waals surface area contributed by atoms with Crippen molar-refractivity contribution in [2.24, 2.45) is 0 Å². The van der Waals surface area contributed by atoms with Gasteiger partial charge >= 0.3 is 0 Å². The first-order valence-electron chi connectivity index (χ1n) is 10.5. The zero-order valence-electron chi connectivity index (χ0n) is 18.3. The van der Waals surface area contributed by atoms with E-state index in [0.29, 0.717) is 23.8 Å². The fourth-order valence-corrected chi connectivity index (χ4v) is 4.20. The number of nitrogens with zero attached hydrogens (tertiary/aromatic N) is 1. The molecule has 0 unspecified atom stereocenters. The van der Waals surface area contributed by atoms with Crippen molar-refractivity contribution in [1.82, 2.24) is 4.98 Å². The smallest absolute Gasteiger partial charge is 0.262 e. The van der Waals surface area contributed by atoms with Crippen LogP contribution in [0.3, 0.4) is 0 Å². The SMILES string of the molecule is C=CCOc1ccccc1OCC(=O)Nc1ccc(-c2nc(-c3ccccc3)sc2C)cc1. The monoisotopic (exact) mass is 456 g/mol. The highest BCUT2D eigenvalue weighted by Gasteiger charge is 2.12. The van der Waals surface area contributed by atoms with E-state index in [-0.39, 0.29) is 12.5 Å². The molecule has 4 rings (SSSR count). The largest absolute Gasteiger partial charge is 0.486 e. The lowest BCUT2D eigenvalue weighted by Crippen LogP contribution is -2.20. The third-order valence-corrected chi connectivity index (χ3v) is 5.84. The number of ether oxygens (including phenoxy) is 2. The van der Waals surface area contributed by atoms with E-state index < -0.39 is 0 Å². The van der Waals surface area contributed by atoms with Gasteiger partial charge < -0.3 is 14.8 Å². The molecule has 0 saturated heterocycles. The highest BCUT2D eigenvalue weighted by atomic mass is 32.1. The number of carbonyl (C=O) groups excluding carboxylic acids is 1. The van der Waals surface area contributed by atoms with E-state index in [9.17, 15) is 4.79 Å². The fraction of sp³-hybridized carbons (Fsp3) is 0.111. The molecule has 0 aliphatic rings. The Morgan fingerprint density at radius 3 is 2.30 bits per heavy atom. The Morgan fingerprint density at radius 1 is 0.939 bits per heavy atom. The number of nitrogens with one attached hydrogen (secondary N) is 1. The number of anilines is 1. The van der Waals surface area contributed by atoms with Crippen LogP contribution >= 0.6 is 11.3 Å². The molecule has 33 heavy (non-hydrogen) atoms. The third-order valence-electron chi connectivity index (χ3n) is 4.82. The first kappa shape index (κ1) is 22.3. The van der Waals surface area contributed by atoms with Gasteiger partial charge in [0.05, 0.1) is 5.69 Å². The summed E-state index contributed by atoms with van der Waals surface area (Å²) in [5.74, 6) is 0.832. The van der Waals surface area contributed by atoms with Gasteiger partial charge in [0.15, 0.2) is 18.1 Å². The predicted molar refractivity (Wildman–Crippen MR) is 134 cm³/mol. The van der Waals surface area contributed by atoms with Crippen molar-refractivity contribution < 1.29 is 14.3 Å². The lowest BCUT2D eigenvalue weighted by molar-refractivity contribution is -0.118. The Kier molecular flexibility index (Phi) is 7.17. The molecule has 0 aliphatic heterocycles. The van der Waals surface area contributed by atoms with Crippen molar-refractivity contribution in [3.63, 3.8) is 0 Å².